The molecule has 4 rings (SSSR count). The Morgan fingerprint density at radius 3 is 2.86 bits per heavy atom. The first kappa shape index (κ1) is 13.8. The summed E-state index contributed by atoms with van der Waals surface area (Å²) in [4.78, 5) is 11.7. The maximum Gasteiger partial charge on any atom is 0.156 e. The Morgan fingerprint density at radius 1 is 1.24 bits per heavy atom. The zero-order valence-electron chi connectivity index (χ0n) is 13.2. The van der Waals surface area contributed by atoms with E-state index in [1.54, 1.807) is 5.57 Å². The number of hydrogen-bond acceptors (Lipinski definition) is 2. The van der Waals surface area contributed by atoms with Crippen LogP contribution in [0.1, 0.15) is 58.8 Å². The summed E-state index contributed by atoms with van der Waals surface area (Å²) in [5.41, 5.74) is 4.66. The quantitative estimate of drug-likeness (QED) is 0.735. The minimum Gasteiger partial charge on any atom is -0.393 e. The molecule has 4 aliphatic carbocycles. The molecule has 0 aromatic heterocycles. The summed E-state index contributed by atoms with van der Waals surface area (Å²) >= 11 is 0. The van der Waals surface area contributed by atoms with E-state index in [9.17, 15) is 9.90 Å². The molecule has 0 amide bonds. The van der Waals surface area contributed by atoms with Crippen LogP contribution < -0.4 is 0 Å². The van der Waals surface area contributed by atoms with Crippen LogP contribution in [0, 0.1) is 23.2 Å². The number of carbonyl (C=O) groups is 1. The number of allylic oxidation sites excluding steroid dienone is 4. The average molecular weight is 286 g/mol. The van der Waals surface area contributed by atoms with Crippen LogP contribution in [0.2, 0.25) is 0 Å². The number of ketones is 1. The van der Waals surface area contributed by atoms with Crippen molar-refractivity contribution in [3.05, 3.63) is 22.8 Å². The maximum absolute atomic E-state index is 11.7. The fourth-order valence-corrected chi connectivity index (χ4v) is 5.88. The fraction of sp³-hybridized carbons (Fsp3) is 0.737. The standard InChI is InChI=1S/C19H26O2/c1-11-9-12-10-13(20)3-4-14(12)15-7-8-19(2)16(18(11)15)5-6-17(19)21/h10-11,16-18,21H,3-9H2,1-2H3/t11-,16-,17-,18+,19-/m0/s1. The summed E-state index contributed by atoms with van der Waals surface area (Å²) in [5.74, 6) is 2.24. The average Bonchev–Trinajstić information content (AvgIpc) is 2.74. The lowest BCUT2D eigenvalue weighted by atomic mass is 9.55. The number of carbonyl (C=O) groups excluding carboxylic acids is 1. The highest BCUT2D eigenvalue weighted by Crippen LogP contribution is 2.61. The van der Waals surface area contributed by atoms with Crippen molar-refractivity contribution in [2.45, 2.75) is 64.9 Å². The van der Waals surface area contributed by atoms with Gasteiger partial charge in [-0.25, -0.2) is 0 Å². The first-order chi connectivity index (χ1) is 10.0. The van der Waals surface area contributed by atoms with Crippen molar-refractivity contribution in [3.63, 3.8) is 0 Å². The van der Waals surface area contributed by atoms with Crippen LogP contribution in [0.15, 0.2) is 22.8 Å². The fourth-order valence-electron chi connectivity index (χ4n) is 5.88. The highest BCUT2D eigenvalue weighted by molar-refractivity contribution is 5.93. The molecule has 0 saturated heterocycles. The van der Waals surface area contributed by atoms with Gasteiger partial charge in [0.05, 0.1) is 6.10 Å². The minimum absolute atomic E-state index is 0.105. The molecule has 0 spiro atoms. The smallest absolute Gasteiger partial charge is 0.156 e. The SMILES string of the molecule is C[C@H]1CC2=CC(=O)CCC2=C2CC[C@]3(C)[C@@H](O)CC[C@H]3[C@@H]21. The maximum atomic E-state index is 11.7. The van der Waals surface area contributed by atoms with Gasteiger partial charge in [-0.05, 0) is 78.9 Å². The third kappa shape index (κ3) is 1.84. The molecule has 0 bridgehead atoms. The molecule has 0 aliphatic heterocycles. The molecule has 21 heavy (non-hydrogen) atoms. The van der Waals surface area contributed by atoms with Crippen molar-refractivity contribution in [1.29, 1.82) is 0 Å². The Hall–Kier alpha value is -0.890. The second kappa shape index (κ2) is 4.55. The second-order valence-corrected chi connectivity index (χ2v) is 8.05. The van der Waals surface area contributed by atoms with E-state index in [4.69, 9.17) is 0 Å². The molecule has 2 saturated carbocycles. The van der Waals surface area contributed by atoms with Crippen molar-refractivity contribution < 1.29 is 9.90 Å². The number of hydrogen-bond donors (Lipinski definition) is 1. The molecular formula is C19H26O2. The highest BCUT2D eigenvalue weighted by atomic mass is 16.3. The number of aliphatic hydroxyl groups excluding tert-OH is 1. The summed E-state index contributed by atoms with van der Waals surface area (Å²) in [7, 11) is 0. The van der Waals surface area contributed by atoms with Crippen LogP contribution in [0.25, 0.3) is 0 Å². The minimum atomic E-state index is -0.105. The summed E-state index contributed by atoms with van der Waals surface area (Å²) in [6.07, 6.45) is 8.99. The van der Waals surface area contributed by atoms with Gasteiger partial charge in [0.15, 0.2) is 5.78 Å². The van der Waals surface area contributed by atoms with E-state index in [0.717, 1.165) is 32.1 Å². The summed E-state index contributed by atoms with van der Waals surface area (Å²) < 4.78 is 0. The van der Waals surface area contributed by atoms with E-state index in [1.165, 1.54) is 17.6 Å². The molecule has 0 unspecified atom stereocenters. The molecular weight excluding hydrogens is 260 g/mol. The van der Waals surface area contributed by atoms with Crippen LogP contribution in [0.5, 0.6) is 0 Å². The van der Waals surface area contributed by atoms with E-state index in [2.05, 4.69) is 13.8 Å². The summed E-state index contributed by atoms with van der Waals surface area (Å²) in [5, 5.41) is 10.5. The normalized spacial score (nSPS) is 45.9. The molecule has 4 aliphatic rings. The lowest BCUT2D eigenvalue weighted by Crippen LogP contribution is -2.44. The van der Waals surface area contributed by atoms with Gasteiger partial charge in [0, 0.05) is 6.42 Å². The summed E-state index contributed by atoms with van der Waals surface area (Å²) in [6, 6.07) is 0. The van der Waals surface area contributed by atoms with Gasteiger partial charge in [0.2, 0.25) is 0 Å². The zero-order chi connectivity index (χ0) is 14.8. The van der Waals surface area contributed by atoms with E-state index in [1.807, 2.05) is 6.08 Å². The molecule has 1 N–H and O–H groups in total. The Bertz CT molecular complexity index is 556. The van der Waals surface area contributed by atoms with Crippen molar-refractivity contribution in [2.24, 2.45) is 23.2 Å². The first-order valence-corrected chi connectivity index (χ1v) is 8.64. The van der Waals surface area contributed by atoms with Gasteiger partial charge >= 0.3 is 0 Å². The third-order valence-electron chi connectivity index (χ3n) is 7.02. The van der Waals surface area contributed by atoms with Gasteiger partial charge in [-0.15, -0.1) is 0 Å². The molecule has 114 valence electrons. The van der Waals surface area contributed by atoms with E-state index in [0.29, 0.717) is 30.0 Å². The van der Waals surface area contributed by atoms with Crippen molar-refractivity contribution in [2.75, 3.05) is 0 Å². The molecule has 0 aromatic carbocycles. The van der Waals surface area contributed by atoms with Gasteiger partial charge < -0.3 is 5.11 Å². The Kier molecular flexibility index (Phi) is 2.98. The number of aliphatic hydroxyl groups is 1. The Labute approximate surface area is 127 Å². The van der Waals surface area contributed by atoms with Crippen LogP contribution >= 0.6 is 0 Å². The van der Waals surface area contributed by atoms with Crippen LogP contribution in [0.4, 0.5) is 0 Å². The molecule has 5 atom stereocenters. The second-order valence-electron chi connectivity index (χ2n) is 8.05. The van der Waals surface area contributed by atoms with Gasteiger partial charge in [0.25, 0.3) is 0 Å². The monoisotopic (exact) mass is 286 g/mol. The van der Waals surface area contributed by atoms with Gasteiger partial charge in [-0.3, -0.25) is 4.79 Å². The third-order valence-corrected chi connectivity index (χ3v) is 7.02. The predicted octanol–water partition coefficient (Wildman–Crippen LogP) is 3.80. The lowest BCUT2D eigenvalue weighted by Gasteiger charge is -2.50. The highest BCUT2D eigenvalue weighted by Gasteiger charge is 2.54. The van der Waals surface area contributed by atoms with E-state index >= 15 is 0 Å². The molecule has 0 heterocycles. The van der Waals surface area contributed by atoms with Gasteiger partial charge in [-0.2, -0.15) is 0 Å². The van der Waals surface area contributed by atoms with Crippen LogP contribution in [-0.4, -0.2) is 17.0 Å². The lowest BCUT2D eigenvalue weighted by molar-refractivity contribution is -0.114. The van der Waals surface area contributed by atoms with Gasteiger partial charge in [0.1, 0.15) is 0 Å². The molecule has 2 nitrogen and oxygen atoms in total. The number of rotatable bonds is 0. The van der Waals surface area contributed by atoms with Crippen molar-refractivity contribution in [3.8, 4) is 0 Å². The largest absolute Gasteiger partial charge is 0.393 e. The first-order valence-electron chi connectivity index (χ1n) is 8.64. The van der Waals surface area contributed by atoms with Crippen LogP contribution in [0.3, 0.4) is 0 Å². The Morgan fingerprint density at radius 2 is 2.05 bits per heavy atom. The predicted molar refractivity (Wildman–Crippen MR) is 82.7 cm³/mol. The van der Waals surface area contributed by atoms with Crippen LogP contribution in [-0.2, 0) is 4.79 Å². The summed E-state index contributed by atoms with van der Waals surface area (Å²) in [6.45, 7) is 4.68. The van der Waals surface area contributed by atoms with Crippen molar-refractivity contribution >= 4 is 5.78 Å². The number of fused-ring (bicyclic) bond motifs is 4. The van der Waals surface area contributed by atoms with Crippen molar-refractivity contribution in [1.82, 2.24) is 0 Å². The zero-order valence-corrected chi connectivity index (χ0v) is 13.2. The molecule has 2 heteroatoms. The molecule has 0 radical (unpaired) electrons. The topological polar surface area (TPSA) is 37.3 Å². The Balaban J connectivity index is 1.79. The van der Waals surface area contributed by atoms with E-state index < -0.39 is 0 Å². The van der Waals surface area contributed by atoms with Gasteiger partial charge in [-0.1, -0.05) is 19.4 Å². The molecule has 2 fully saturated rings. The molecule has 0 aromatic rings. The van der Waals surface area contributed by atoms with E-state index in [-0.39, 0.29) is 11.5 Å².